The highest BCUT2D eigenvalue weighted by atomic mass is 35.5. The van der Waals surface area contributed by atoms with Crippen molar-refractivity contribution in [1.29, 1.82) is 0 Å². The molecule has 0 bridgehead atoms. The van der Waals surface area contributed by atoms with E-state index in [0.717, 1.165) is 0 Å². The number of ether oxygens (including phenoxy) is 2. The predicted molar refractivity (Wildman–Crippen MR) is 87.5 cm³/mol. The van der Waals surface area contributed by atoms with E-state index < -0.39 is 5.82 Å². The molecule has 0 aliphatic heterocycles. The van der Waals surface area contributed by atoms with E-state index >= 15 is 0 Å². The highest BCUT2D eigenvalue weighted by Crippen LogP contribution is 2.32. The third-order valence-electron chi connectivity index (χ3n) is 3.24. The third kappa shape index (κ3) is 3.26. The summed E-state index contributed by atoms with van der Waals surface area (Å²) in [6.07, 6.45) is 0. The summed E-state index contributed by atoms with van der Waals surface area (Å²) in [5.74, 6) is 1.03. The number of aromatic nitrogens is 2. The number of halogens is 2. The average Bonchev–Trinajstić information content (AvgIpc) is 3.06. The number of rotatable bonds is 5. The molecule has 0 fully saturated rings. The van der Waals surface area contributed by atoms with Gasteiger partial charge in [-0.2, -0.15) is 4.98 Å². The molecule has 0 aliphatic carbocycles. The number of anilines is 2. The molecule has 0 aliphatic rings. The number of hydrogen-bond donors (Lipinski definition) is 1. The fraction of sp³-hybridized carbons (Fsp3) is 0.125. The summed E-state index contributed by atoms with van der Waals surface area (Å²) >= 11 is 5.74. The summed E-state index contributed by atoms with van der Waals surface area (Å²) in [5, 5.41) is 6.77. The molecule has 3 aromatic rings. The largest absolute Gasteiger partial charge is 0.497 e. The molecular weight excluding hydrogens is 337 g/mol. The summed E-state index contributed by atoms with van der Waals surface area (Å²) in [6, 6.07) is 9.57. The second-order valence-corrected chi connectivity index (χ2v) is 5.15. The SMILES string of the molecule is COc1ccc(OC)c(-c2noc(Nc3ccc(F)c(Cl)c3)n2)c1. The van der Waals surface area contributed by atoms with Crippen LogP contribution in [0.2, 0.25) is 5.02 Å². The minimum absolute atomic E-state index is 0.00537. The van der Waals surface area contributed by atoms with Gasteiger partial charge in [0.2, 0.25) is 5.82 Å². The summed E-state index contributed by atoms with van der Waals surface area (Å²) in [4.78, 5) is 4.25. The Balaban J connectivity index is 1.89. The highest BCUT2D eigenvalue weighted by Gasteiger charge is 2.15. The van der Waals surface area contributed by atoms with Crippen LogP contribution in [0.15, 0.2) is 40.9 Å². The van der Waals surface area contributed by atoms with Gasteiger partial charge in [0.05, 0.1) is 24.8 Å². The van der Waals surface area contributed by atoms with Crippen molar-refractivity contribution in [3.63, 3.8) is 0 Å². The molecule has 2 aromatic carbocycles. The van der Waals surface area contributed by atoms with Crippen molar-refractivity contribution >= 4 is 23.3 Å². The second kappa shape index (κ2) is 6.76. The maximum Gasteiger partial charge on any atom is 0.326 e. The molecule has 3 rings (SSSR count). The molecule has 0 atom stereocenters. The van der Waals surface area contributed by atoms with Crippen LogP contribution in [0.5, 0.6) is 11.5 Å². The molecule has 0 unspecified atom stereocenters. The van der Waals surface area contributed by atoms with Gasteiger partial charge in [-0.3, -0.25) is 0 Å². The lowest BCUT2D eigenvalue weighted by Crippen LogP contribution is -1.93. The van der Waals surface area contributed by atoms with Crippen molar-refractivity contribution in [2.45, 2.75) is 0 Å². The standard InChI is InChI=1S/C16H13ClFN3O3/c1-22-10-4-6-14(23-2)11(8-10)15-20-16(24-21-15)19-9-3-5-13(18)12(17)7-9/h3-8H,1-2H3,(H,19,20,21). The van der Waals surface area contributed by atoms with Crippen molar-refractivity contribution in [2.24, 2.45) is 0 Å². The maximum absolute atomic E-state index is 13.2. The van der Waals surface area contributed by atoms with Crippen molar-refractivity contribution in [3.05, 3.63) is 47.2 Å². The Morgan fingerprint density at radius 3 is 2.67 bits per heavy atom. The average molecular weight is 350 g/mol. The summed E-state index contributed by atoms with van der Waals surface area (Å²) in [7, 11) is 3.11. The molecule has 8 heteroatoms. The smallest absolute Gasteiger partial charge is 0.326 e. The lowest BCUT2D eigenvalue weighted by atomic mass is 10.2. The van der Waals surface area contributed by atoms with E-state index in [1.165, 1.54) is 18.2 Å². The number of methoxy groups -OCH3 is 2. The van der Waals surface area contributed by atoms with Gasteiger partial charge in [-0.15, -0.1) is 0 Å². The first-order valence-electron chi connectivity index (χ1n) is 6.89. The number of nitrogens with zero attached hydrogens (tertiary/aromatic N) is 2. The number of benzene rings is 2. The predicted octanol–water partition coefficient (Wildman–Crippen LogP) is 4.29. The Kier molecular flexibility index (Phi) is 4.52. The van der Waals surface area contributed by atoms with Crippen LogP contribution in [0, 0.1) is 5.82 Å². The van der Waals surface area contributed by atoms with Gasteiger partial charge in [0.25, 0.3) is 0 Å². The molecule has 0 saturated carbocycles. The van der Waals surface area contributed by atoms with Crippen molar-refractivity contribution in [3.8, 4) is 22.9 Å². The third-order valence-corrected chi connectivity index (χ3v) is 3.53. The van der Waals surface area contributed by atoms with Gasteiger partial charge >= 0.3 is 6.01 Å². The Hall–Kier alpha value is -2.80. The zero-order valence-corrected chi connectivity index (χ0v) is 13.6. The topological polar surface area (TPSA) is 69.4 Å². The monoisotopic (exact) mass is 349 g/mol. The molecule has 1 heterocycles. The molecule has 0 radical (unpaired) electrons. The van der Waals surface area contributed by atoms with Crippen LogP contribution in [0.1, 0.15) is 0 Å². The summed E-state index contributed by atoms with van der Waals surface area (Å²) in [6.45, 7) is 0. The van der Waals surface area contributed by atoms with Crippen molar-refractivity contribution in [1.82, 2.24) is 10.1 Å². The Morgan fingerprint density at radius 1 is 1.12 bits per heavy atom. The van der Waals surface area contributed by atoms with Crippen LogP contribution in [0.3, 0.4) is 0 Å². The molecule has 24 heavy (non-hydrogen) atoms. The fourth-order valence-electron chi connectivity index (χ4n) is 2.07. The molecule has 0 saturated heterocycles. The molecule has 6 nitrogen and oxygen atoms in total. The van der Waals surface area contributed by atoms with E-state index in [-0.39, 0.29) is 11.0 Å². The van der Waals surface area contributed by atoms with E-state index in [1.54, 1.807) is 32.4 Å². The van der Waals surface area contributed by atoms with Gasteiger partial charge in [0.1, 0.15) is 17.3 Å². The second-order valence-electron chi connectivity index (χ2n) is 4.74. The van der Waals surface area contributed by atoms with Gasteiger partial charge < -0.3 is 19.3 Å². The van der Waals surface area contributed by atoms with Crippen LogP contribution >= 0.6 is 11.6 Å². The Bertz CT molecular complexity index is 870. The minimum Gasteiger partial charge on any atom is -0.497 e. The van der Waals surface area contributed by atoms with E-state index in [4.69, 9.17) is 25.6 Å². The van der Waals surface area contributed by atoms with Crippen molar-refractivity contribution in [2.75, 3.05) is 19.5 Å². The molecule has 1 N–H and O–H groups in total. The van der Waals surface area contributed by atoms with Gasteiger partial charge in [0, 0.05) is 5.69 Å². The zero-order valence-electron chi connectivity index (χ0n) is 12.8. The maximum atomic E-state index is 13.2. The molecular formula is C16H13ClFN3O3. The quantitative estimate of drug-likeness (QED) is 0.741. The van der Waals surface area contributed by atoms with Gasteiger partial charge in [-0.25, -0.2) is 4.39 Å². The Morgan fingerprint density at radius 2 is 1.96 bits per heavy atom. The first kappa shape index (κ1) is 16.1. The van der Waals surface area contributed by atoms with Gasteiger partial charge in [-0.05, 0) is 36.4 Å². The van der Waals surface area contributed by atoms with Crippen LogP contribution in [-0.4, -0.2) is 24.4 Å². The molecule has 124 valence electrons. The molecule has 0 spiro atoms. The van der Waals surface area contributed by atoms with Gasteiger partial charge in [-0.1, -0.05) is 16.8 Å². The van der Waals surface area contributed by atoms with Crippen LogP contribution in [0.25, 0.3) is 11.4 Å². The Labute approximate surface area is 142 Å². The fourth-order valence-corrected chi connectivity index (χ4v) is 2.25. The number of nitrogens with one attached hydrogen (secondary N) is 1. The van der Waals surface area contributed by atoms with E-state index in [2.05, 4.69) is 15.5 Å². The normalized spacial score (nSPS) is 10.5. The van der Waals surface area contributed by atoms with E-state index in [9.17, 15) is 4.39 Å². The first-order valence-corrected chi connectivity index (χ1v) is 7.26. The highest BCUT2D eigenvalue weighted by molar-refractivity contribution is 6.31. The summed E-state index contributed by atoms with van der Waals surface area (Å²) < 4.78 is 28.8. The van der Waals surface area contributed by atoms with Crippen LogP contribution in [-0.2, 0) is 0 Å². The zero-order chi connectivity index (χ0) is 17.1. The molecule has 0 amide bonds. The lowest BCUT2D eigenvalue weighted by molar-refractivity contribution is 0.403. The molecule has 1 aromatic heterocycles. The minimum atomic E-state index is -0.505. The van der Waals surface area contributed by atoms with E-state index in [0.29, 0.717) is 28.6 Å². The van der Waals surface area contributed by atoms with Crippen LogP contribution in [0.4, 0.5) is 16.1 Å². The number of hydrogen-bond acceptors (Lipinski definition) is 6. The van der Waals surface area contributed by atoms with Crippen molar-refractivity contribution < 1.29 is 18.4 Å². The lowest BCUT2D eigenvalue weighted by Gasteiger charge is -2.07. The first-order chi connectivity index (χ1) is 11.6. The van der Waals surface area contributed by atoms with Crippen LogP contribution < -0.4 is 14.8 Å². The van der Waals surface area contributed by atoms with E-state index in [1.807, 2.05) is 0 Å². The summed E-state index contributed by atoms with van der Waals surface area (Å²) in [5.41, 5.74) is 1.14. The van der Waals surface area contributed by atoms with Gasteiger partial charge in [0.15, 0.2) is 0 Å².